The Morgan fingerprint density at radius 2 is 1.96 bits per heavy atom. The fraction of sp³-hybridized carbons (Fsp3) is 0.950. The summed E-state index contributed by atoms with van der Waals surface area (Å²) in [7, 11) is 0. The Morgan fingerprint density at radius 3 is 2.62 bits per heavy atom. The number of likely N-dealkylation sites (tertiary alicyclic amines) is 1. The summed E-state index contributed by atoms with van der Waals surface area (Å²) in [5.74, 6) is 0.948. The molecule has 0 bridgehead atoms. The highest BCUT2D eigenvalue weighted by atomic mass is 16.5. The zero-order valence-corrected chi connectivity index (χ0v) is 16.4. The van der Waals surface area contributed by atoms with E-state index in [0.717, 1.165) is 83.8 Å². The third-order valence-electron chi connectivity index (χ3n) is 5.93. The molecule has 0 aromatic carbocycles. The summed E-state index contributed by atoms with van der Waals surface area (Å²) in [4.78, 5) is 7.11. The first-order valence-electron chi connectivity index (χ1n) is 10.7. The van der Waals surface area contributed by atoms with Crippen molar-refractivity contribution in [3.63, 3.8) is 0 Å². The number of hydrogen-bond acceptors (Lipinski definition) is 4. The first kappa shape index (κ1) is 19.9. The molecule has 0 amide bonds. The molecule has 1 unspecified atom stereocenters. The topological polar surface area (TPSA) is 66.3 Å². The lowest BCUT2D eigenvalue weighted by Gasteiger charge is -2.35. The van der Waals surface area contributed by atoms with E-state index in [-0.39, 0.29) is 0 Å². The number of nitrogens with one attached hydrogen (secondary N) is 1. The Labute approximate surface area is 158 Å². The predicted molar refractivity (Wildman–Crippen MR) is 104 cm³/mol. The maximum Gasteiger partial charge on any atom is 0.194 e. The smallest absolute Gasteiger partial charge is 0.194 e. The van der Waals surface area contributed by atoms with Gasteiger partial charge >= 0.3 is 0 Å². The normalized spacial score (nSPS) is 27.7. The van der Waals surface area contributed by atoms with Gasteiger partial charge in [0.25, 0.3) is 0 Å². The second kappa shape index (κ2) is 9.90. The summed E-state index contributed by atoms with van der Waals surface area (Å²) < 4.78 is 11.7. The third kappa shape index (κ3) is 5.83. The van der Waals surface area contributed by atoms with Crippen LogP contribution in [0.15, 0.2) is 4.99 Å². The number of rotatable bonds is 6. The van der Waals surface area contributed by atoms with Gasteiger partial charge in [0.05, 0.1) is 31.0 Å². The zero-order chi connectivity index (χ0) is 18.2. The Kier molecular flexibility index (Phi) is 7.58. The summed E-state index contributed by atoms with van der Waals surface area (Å²) in [6, 6.07) is 0. The Bertz CT molecular complexity index is 438. The largest absolute Gasteiger partial charge is 0.388 e. The molecule has 0 aromatic heterocycles. The number of aliphatic hydroxyl groups is 1. The van der Waals surface area contributed by atoms with Crippen molar-refractivity contribution >= 4 is 5.96 Å². The van der Waals surface area contributed by atoms with Gasteiger partial charge in [0.2, 0.25) is 0 Å². The molecule has 1 aliphatic carbocycles. The number of nitrogens with zero attached hydrogens (tertiary/aromatic N) is 2. The van der Waals surface area contributed by atoms with Gasteiger partial charge in [-0.15, -0.1) is 0 Å². The molecule has 2 heterocycles. The minimum atomic E-state index is -0.596. The Balaban J connectivity index is 1.45. The van der Waals surface area contributed by atoms with Crippen LogP contribution in [0.3, 0.4) is 0 Å². The molecule has 0 spiro atoms. The average Bonchev–Trinajstić information content (AvgIpc) is 3.18. The van der Waals surface area contributed by atoms with Crippen LogP contribution in [-0.4, -0.2) is 73.2 Å². The molecule has 3 aliphatic rings. The summed E-state index contributed by atoms with van der Waals surface area (Å²) >= 11 is 0. The van der Waals surface area contributed by atoms with E-state index in [0.29, 0.717) is 18.8 Å². The first-order valence-corrected chi connectivity index (χ1v) is 10.7. The van der Waals surface area contributed by atoms with E-state index in [1.807, 2.05) is 0 Å². The van der Waals surface area contributed by atoms with Crippen LogP contribution in [-0.2, 0) is 9.47 Å². The van der Waals surface area contributed by atoms with Crippen LogP contribution in [0.4, 0.5) is 0 Å². The number of aliphatic imine (C=N–C) groups is 1. The van der Waals surface area contributed by atoms with Gasteiger partial charge in [0, 0.05) is 26.2 Å². The lowest BCUT2D eigenvalue weighted by Crippen LogP contribution is -2.48. The van der Waals surface area contributed by atoms with Crippen LogP contribution < -0.4 is 5.32 Å². The van der Waals surface area contributed by atoms with Crippen molar-refractivity contribution in [2.45, 2.75) is 82.5 Å². The molecular formula is C20H37N3O3. The molecule has 150 valence electrons. The van der Waals surface area contributed by atoms with Crippen LogP contribution in [0.25, 0.3) is 0 Å². The molecule has 2 saturated heterocycles. The lowest BCUT2D eigenvalue weighted by molar-refractivity contribution is -0.0368. The molecule has 3 fully saturated rings. The van der Waals surface area contributed by atoms with Crippen LogP contribution in [0.5, 0.6) is 0 Å². The van der Waals surface area contributed by atoms with E-state index in [2.05, 4.69) is 17.1 Å². The summed E-state index contributed by atoms with van der Waals surface area (Å²) in [5.41, 5.74) is -0.596. The summed E-state index contributed by atoms with van der Waals surface area (Å²) in [6.07, 6.45) is 10.3. The standard InChI is InChI=1S/C20H37N3O3/c1-2-21-19(22-16-20(24)10-4-3-5-11-20)23-12-8-17(9-13-23)26-15-18-7-6-14-25-18/h17-18,24H,2-16H2,1H3,(H,21,22). The molecule has 6 nitrogen and oxygen atoms in total. The highest BCUT2D eigenvalue weighted by molar-refractivity contribution is 5.80. The quantitative estimate of drug-likeness (QED) is 0.557. The van der Waals surface area contributed by atoms with E-state index in [1.165, 1.54) is 12.8 Å². The van der Waals surface area contributed by atoms with Crippen LogP contribution in [0, 0.1) is 0 Å². The number of piperidine rings is 1. The van der Waals surface area contributed by atoms with Crippen molar-refractivity contribution in [3.8, 4) is 0 Å². The summed E-state index contributed by atoms with van der Waals surface area (Å²) in [5, 5.41) is 14.1. The van der Waals surface area contributed by atoms with Crippen LogP contribution in [0.1, 0.15) is 64.7 Å². The molecule has 3 rings (SSSR count). The Morgan fingerprint density at radius 1 is 1.19 bits per heavy atom. The van der Waals surface area contributed by atoms with Gasteiger partial charge in [-0.25, -0.2) is 0 Å². The molecule has 26 heavy (non-hydrogen) atoms. The van der Waals surface area contributed by atoms with E-state index in [9.17, 15) is 5.11 Å². The van der Waals surface area contributed by atoms with E-state index < -0.39 is 5.60 Å². The van der Waals surface area contributed by atoms with Gasteiger partial charge in [0.1, 0.15) is 0 Å². The van der Waals surface area contributed by atoms with Gasteiger partial charge < -0.3 is 24.8 Å². The van der Waals surface area contributed by atoms with Gasteiger partial charge in [-0.05, 0) is 45.4 Å². The fourth-order valence-corrected chi connectivity index (χ4v) is 4.27. The minimum absolute atomic E-state index is 0.308. The van der Waals surface area contributed by atoms with Crippen LogP contribution in [0.2, 0.25) is 0 Å². The average molecular weight is 368 g/mol. The summed E-state index contributed by atoms with van der Waals surface area (Å²) in [6.45, 7) is 7.02. The predicted octanol–water partition coefficient (Wildman–Crippen LogP) is 2.31. The Hall–Kier alpha value is -0.850. The molecule has 1 saturated carbocycles. The number of hydrogen-bond donors (Lipinski definition) is 2. The highest BCUT2D eigenvalue weighted by Gasteiger charge is 2.30. The van der Waals surface area contributed by atoms with Crippen molar-refractivity contribution in [2.75, 3.05) is 39.4 Å². The maximum atomic E-state index is 10.7. The van der Waals surface area contributed by atoms with Crippen molar-refractivity contribution < 1.29 is 14.6 Å². The van der Waals surface area contributed by atoms with E-state index in [1.54, 1.807) is 0 Å². The first-order chi connectivity index (χ1) is 12.7. The minimum Gasteiger partial charge on any atom is -0.388 e. The third-order valence-corrected chi connectivity index (χ3v) is 5.93. The molecular weight excluding hydrogens is 330 g/mol. The monoisotopic (exact) mass is 367 g/mol. The second-order valence-corrected chi connectivity index (χ2v) is 8.11. The number of guanidine groups is 1. The van der Waals surface area contributed by atoms with Gasteiger partial charge in [-0.2, -0.15) is 0 Å². The van der Waals surface area contributed by atoms with Crippen molar-refractivity contribution in [1.29, 1.82) is 0 Å². The van der Waals surface area contributed by atoms with Gasteiger partial charge in [-0.1, -0.05) is 19.3 Å². The highest BCUT2D eigenvalue weighted by Crippen LogP contribution is 2.28. The molecule has 0 aromatic rings. The van der Waals surface area contributed by atoms with Gasteiger partial charge in [0.15, 0.2) is 5.96 Å². The van der Waals surface area contributed by atoms with Crippen molar-refractivity contribution in [3.05, 3.63) is 0 Å². The maximum absolute atomic E-state index is 10.7. The van der Waals surface area contributed by atoms with Crippen LogP contribution >= 0.6 is 0 Å². The van der Waals surface area contributed by atoms with Crippen molar-refractivity contribution in [1.82, 2.24) is 10.2 Å². The lowest BCUT2D eigenvalue weighted by atomic mass is 9.85. The molecule has 0 radical (unpaired) electrons. The van der Waals surface area contributed by atoms with E-state index >= 15 is 0 Å². The molecule has 2 aliphatic heterocycles. The zero-order valence-electron chi connectivity index (χ0n) is 16.4. The van der Waals surface area contributed by atoms with Crippen molar-refractivity contribution in [2.24, 2.45) is 4.99 Å². The van der Waals surface area contributed by atoms with Gasteiger partial charge in [-0.3, -0.25) is 4.99 Å². The molecule has 6 heteroatoms. The fourth-order valence-electron chi connectivity index (χ4n) is 4.27. The molecule has 1 atom stereocenters. The SMILES string of the molecule is CCNC(=NCC1(O)CCCCC1)N1CCC(OCC2CCCO2)CC1. The van der Waals surface area contributed by atoms with E-state index in [4.69, 9.17) is 14.5 Å². The number of ether oxygens (including phenoxy) is 2. The second-order valence-electron chi connectivity index (χ2n) is 8.11. The molecule has 2 N–H and O–H groups in total.